The molecule has 2 fully saturated rings. The SMILES string of the molecule is COc1ccc(-c2cc(N[C@H]3C[C@@H](N)C3)cc(-c3cccc(OCCN4CCCC4)c3)n2)cc1. The van der Waals surface area contributed by atoms with Gasteiger partial charge >= 0.3 is 0 Å². The lowest BCUT2D eigenvalue weighted by Gasteiger charge is -2.34. The maximum Gasteiger partial charge on any atom is 0.120 e. The molecule has 3 N–H and O–H groups in total. The van der Waals surface area contributed by atoms with Gasteiger partial charge in [0.05, 0.1) is 18.5 Å². The number of rotatable bonds is 9. The van der Waals surface area contributed by atoms with Crippen molar-refractivity contribution in [2.24, 2.45) is 5.73 Å². The molecule has 5 rings (SSSR count). The van der Waals surface area contributed by atoms with Crippen molar-refractivity contribution in [2.45, 2.75) is 37.8 Å². The first kappa shape index (κ1) is 22.7. The number of hydrogen-bond donors (Lipinski definition) is 2. The van der Waals surface area contributed by atoms with Crippen LogP contribution in [0.1, 0.15) is 25.7 Å². The van der Waals surface area contributed by atoms with E-state index in [2.05, 4.69) is 34.5 Å². The summed E-state index contributed by atoms with van der Waals surface area (Å²) in [6.45, 7) is 4.06. The molecule has 2 aliphatic rings. The molecule has 2 aromatic carbocycles. The molecule has 0 amide bonds. The van der Waals surface area contributed by atoms with Crippen LogP contribution in [0, 0.1) is 0 Å². The van der Waals surface area contributed by atoms with Crippen molar-refractivity contribution < 1.29 is 9.47 Å². The van der Waals surface area contributed by atoms with Gasteiger partial charge in [-0.1, -0.05) is 12.1 Å². The summed E-state index contributed by atoms with van der Waals surface area (Å²) in [6, 6.07) is 21.2. The first-order valence-electron chi connectivity index (χ1n) is 12.3. The summed E-state index contributed by atoms with van der Waals surface area (Å²) in [5.41, 5.74) is 11.0. The zero-order valence-corrected chi connectivity index (χ0v) is 19.9. The zero-order chi connectivity index (χ0) is 23.3. The van der Waals surface area contributed by atoms with Crippen LogP contribution in [0.5, 0.6) is 11.5 Å². The van der Waals surface area contributed by atoms with Gasteiger partial charge in [0.2, 0.25) is 0 Å². The van der Waals surface area contributed by atoms with E-state index in [4.69, 9.17) is 20.2 Å². The van der Waals surface area contributed by atoms with Crippen LogP contribution < -0.4 is 20.5 Å². The highest BCUT2D eigenvalue weighted by Gasteiger charge is 2.26. The fraction of sp³-hybridized carbons (Fsp3) is 0.393. The summed E-state index contributed by atoms with van der Waals surface area (Å²) >= 11 is 0. The predicted octanol–water partition coefficient (Wildman–Crippen LogP) is 4.80. The van der Waals surface area contributed by atoms with Crippen LogP contribution in [0.25, 0.3) is 22.5 Å². The van der Waals surface area contributed by atoms with Gasteiger partial charge in [-0.05, 0) is 87.3 Å². The Morgan fingerprint density at radius 3 is 2.38 bits per heavy atom. The molecular weight excluding hydrogens is 424 g/mol. The Bertz CT molecular complexity index is 1090. The Morgan fingerprint density at radius 1 is 0.941 bits per heavy atom. The number of hydrogen-bond acceptors (Lipinski definition) is 6. The molecule has 0 unspecified atom stereocenters. The van der Waals surface area contributed by atoms with Crippen LogP contribution in [0.3, 0.4) is 0 Å². The summed E-state index contributed by atoms with van der Waals surface area (Å²) in [6.07, 6.45) is 4.59. The molecule has 1 saturated heterocycles. The summed E-state index contributed by atoms with van der Waals surface area (Å²) in [4.78, 5) is 7.48. The molecule has 2 heterocycles. The van der Waals surface area contributed by atoms with Gasteiger partial charge in [-0.3, -0.25) is 4.90 Å². The van der Waals surface area contributed by atoms with Gasteiger partial charge in [0.1, 0.15) is 18.1 Å². The third-order valence-corrected chi connectivity index (χ3v) is 6.76. The minimum absolute atomic E-state index is 0.300. The standard InChI is InChI=1S/C28H34N4O2/c1-33-25-9-7-20(8-10-25)27-18-24(30-23-16-22(29)17-23)19-28(31-27)21-5-4-6-26(15-21)34-14-13-32-11-2-3-12-32/h4-10,15,18-19,22-23H,2-3,11-14,16-17,29H2,1H3,(H,30,31)/t22-,23+. The molecule has 6 heteroatoms. The fourth-order valence-electron chi connectivity index (χ4n) is 4.73. The first-order chi connectivity index (χ1) is 16.7. The fourth-order valence-corrected chi connectivity index (χ4v) is 4.73. The van der Waals surface area contributed by atoms with Crippen molar-refractivity contribution in [1.82, 2.24) is 9.88 Å². The quantitative estimate of drug-likeness (QED) is 0.480. The smallest absolute Gasteiger partial charge is 0.120 e. The number of nitrogens with two attached hydrogens (primary N) is 1. The van der Waals surface area contributed by atoms with E-state index in [0.717, 1.165) is 59.1 Å². The van der Waals surface area contributed by atoms with E-state index in [-0.39, 0.29) is 0 Å². The molecule has 1 saturated carbocycles. The van der Waals surface area contributed by atoms with E-state index >= 15 is 0 Å². The molecule has 1 aliphatic carbocycles. The number of nitrogens with zero attached hydrogens (tertiary/aromatic N) is 2. The van der Waals surface area contributed by atoms with Crippen LogP contribution in [0.4, 0.5) is 5.69 Å². The Kier molecular flexibility index (Phi) is 6.97. The molecule has 6 nitrogen and oxygen atoms in total. The molecule has 178 valence electrons. The lowest BCUT2D eigenvalue weighted by atomic mass is 9.87. The zero-order valence-electron chi connectivity index (χ0n) is 19.9. The maximum atomic E-state index is 6.09. The van der Waals surface area contributed by atoms with Gasteiger partial charge in [-0.2, -0.15) is 0 Å². The van der Waals surface area contributed by atoms with Crippen molar-refractivity contribution in [3.8, 4) is 34.0 Å². The number of methoxy groups -OCH3 is 1. The molecule has 0 radical (unpaired) electrons. The monoisotopic (exact) mass is 458 g/mol. The van der Waals surface area contributed by atoms with E-state index in [1.54, 1.807) is 7.11 Å². The molecule has 0 atom stereocenters. The Morgan fingerprint density at radius 2 is 1.68 bits per heavy atom. The highest BCUT2D eigenvalue weighted by atomic mass is 16.5. The number of anilines is 1. The molecule has 3 aromatic rings. The second kappa shape index (κ2) is 10.5. The number of benzene rings is 2. The third-order valence-electron chi connectivity index (χ3n) is 6.76. The highest BCUT2D eigenvalue weighted by Crippen LogP contribution is 2.31. The number of nitrogens with one attached hydrogen (secondary N) is 1. The average Bonchev–Trinajstić information content (AvgIpc) is 3.37. The van der Waals surface area contributed by atoms with Gasteiger partial charge in [-0.15, -0.1) is 0 Å². The Balaban J connectivity index is 1.38. The van der Waals surface area contributed by atoms with E-state index in [0.29, 0.717) is 18.7 Å². The minimum atomic E-state index is 0.300. The Labute approximate surface area is 202 Å². The van der Waals surface area contributed by atoms with Crippen molar-refractivity contribution in [3.05, 3.63) is 60.7 Å². The summed E-state index contributed by atoms with van der Waals surface area (Å²) < 4.78 is 11.4. The van der Waals surface area contributed by atoms with Gasteiger partial charge in [-0.25, -0.2) is 4.98 Å². The van der Waals surface area contributed by atoms with Crippen molar-refractivity contribution in [2.75, 3.05) is 38.7 Å². The number of likely N-dealkylation sites (tertiary alicyclic amines) is 1. The van der Waals surface area contributed by atoms with Gasteiger partial charge in [0.15, 0.2) is 0 Å². The number of ether oxygens (including phenoxy) is 2. The average molecular weight is 459 g/mol. The van der Waals surface area contributed by atoms with E-state index in [9.17, 15) is 0 Å². The van der Waals surface area contributed by atoms with Crippen LogP contribution in [0.2, 0.25) is 0 Å². The van der Waals surface area contributed by atoms with Gasteiger partial charge in [0, 0.05) is 35.4 Å². The maximum absolute atomic E-state index is 6.09. The van der Waals surface area contributed by atoms with Gasteiger partial charge < -0.3 is 20.5 Å². The number of pyridine rings is 1. The second-order valence-electron chi connectivity index (χ2n) is 9.35. The minimum Gasteiger partial charge on any atom is -0.497 e. The summed E-state index contributed by atoms with van der Waals surface area (Å²) in [5, 5.41) is 3.65. The highest BCUT2D eigenvalue weighted by molar-refractivity contribution is 5.73. The number of aromatic nitrogens is 1. The summed E-state index contributed by atoms with van der Waals surface area (Å²) in [7, 11) is 1.68. The molecule has 34 heavy (non-hydrogen) atoms. The van der Waals surface area contributed by atoms with E-state index in [1.807, 2.05) is 36.4 Å². The van der Waals surface area contributed by atoms with Crippen LogP contribution in [-0.4, -0.2) is 55.3 Å². The van der Waals surface area contributed by atoms with Crippen molar-refractivity contribution >= 4 is 5.69 Å². The van der Waals surface area contributed by atoms with E-state index < -0.39 is 0 Å². The largest absolute Gasteiger partial charge is 0.497 e. The molecule has 0 spiro atoms. The lowest BCUT2D eigenvalue weighted by molar-refractivity contribution is 0.238. The first-order valence-corrected chi connectivity index (χ1v) is 12.3. The molecule has 0 bridgehead atoms. The normalized spacial score (nSPS) is 20.1. The molecule has 1 aromatic heterocycles. The topological polar surface area (TPSA) is 72.6 Å². The van der Waals surface area contributed by atoms with Crippen molar-refractivity contribution in [3.63, 3.8) is 0 Å². The molecular formula is C28H34N4O2. The van der Waals surface area contributed by atoms with Crippen molar-refractivity contribution in [1.29, 1.82) is 0 Å². The van der Waals surface area contributed by atoms with Crippen LogP contribution >= 0.6 is 0 Å². The molecule has 1 aliphatic heterocycles. The second-order valence-corrected chi connectivity index (χ2v) is 9.35. The lowest BCUT2D eigenvalue weighted by Crippen LogP contribution is -2.44. The third kappa shape index (κ3) is 5.51. The van der Waals surface area contributed by atoms with Crippen LogP contribution in [0.15, 0.2) is 60.7 Å². The van der Waals surface area contributed by atoms with Gasteiger partial charge in [0.25, 0.3) is 0 Å². The summed E-state index contributed by atoms with van der Waals surface area (Å²) in [5.74, 6) is 1.72. The predicted molar refractivity (Wildman–Crippen MR) is 137 cm³/mol. The van der Waals surface area contributed by atoms with E-state index in [1.165, 1.54) is 25.9 Å². The Hall–Kier alpha value is -3.09. The van der Waals surface area contributed by atoms with Crippen LogP contribution in [-0.2, 0) is 0 Å².